The van der Waals surface area contributed by atoms with Gasteiger partial charge in [-0.2, -0.15) is 5.10 Å². The maximum atomic E-state index is 12.6. The predicted octanol–water partition coefficient (Wildman–Crippen LogP) is 3.16. The van der Waals surface area contributed by atoms with Crippen LogP contribution in [-0.2, 0) is 11.3 Å². The summed E-state index contributed by atoms with van der Waals surface area (Å²) in [5.74, 6) is -0.639. The molecular weight excluding hydrogens is 364 g/mol. The molecule has 0 bridgehead atoms. The summed E-state index contributed by atoms with van der Waals surface area (Å²) in [5.41, 5.74) is 2.70. The second-order valence-electron chi connectivity index (χ2n) is 6.06. The molecule has 0 aliphatic rings. The van der Waals surface area contributed by atoms with E-state index in [1.54, 1.807) is 31.2 Å². The third-order valence-corrected chi connectivity index (χ3v) is 4.32. The third kappa shape index (κ3) is 4.74. The zero-order valence-corrected chi connectivity index (χ0v) is 15.5. The highest BCUT2D eigenvalue weighted by atomic mass is 35.5. The molecule has 0 radical (unpaired) electrons. The average molecular weight is 383 g/mol. The number of carbonyl (C=O) groups excluding carboxylic acids is 2. The quantitative estimate of drug-likeness (QED) is 0.612. The van der Waals surface area contributed by atoms with Crippen LogP contribution in [0.2, 0.25) is 5.02 Å². The Hall–Kier alpha value is -3.12. The van der Waals surface area contributed by atoms with Gasteiger partial charge in [0.2, 0.25) is 5.91 Å². The number of benzene rings is 2. The molecule has 0 aliphatic heterocycles. The first-order chi connectivity index (χ1) is 13.0. The van der Waals surface area contributed by atoms with Gasteiger partial charge in [-0.05, 0) is 24.6 Å². The van der Waals surface area contributed by atoms with Crippen molar-refractivity contribution in [2.75, 3.05) is 0 Å². The second kappa shape index (κ2) is 8.51. The minimum atomic E-state index is -0.686. The van der Waals surface area contributed by atoms with E-state index in [-0.39, 0.29) is 11.8 Å². The van der Waals surface area contributed by atoms with E-state index in [9.17, 15) is 9.59 Å². The van der Waals surface area contributed by atoms with Crippen LogP contribution in [0.3, 0.4) is 0 Å². The van der Waals surface area contributed by atoms with Crippen molar-refractivity contribution >= 4 is 23.4 Å². The molecule has 3 aromatic rings. The van der Waals surface area contributed by atoms with Gasteiger partial charge in [-0.15, -0.1) is 0 Å². The highest BCUT2D eigenvalue weighted by Gasteiger charge is 2.20. The Kier molecular flexibility index (Phi) is 5.88. The highest BCUT2D eigenvalue weighted by molar-refractivity contribution is 6.30. The van der Waals surface area contributed by atoms with Crippen LogP contribution >= 0.6 is 11.6 Å². The van der Waals surface area contributed by atoms with Gasteiger partial charge in [-0.25, -0.2) is 0 Å². The van der Waals surface area contributed by atoms with E-state index in [0.29, 0.717) is 22.8 Å². The van der Waals surface area contributed by atoms with Crippen molar-refractivity contribution in [1.82, 2.24) is 20.8 Å². The normalized spacial score (nSPS) is 11.6. The molecule has 0 saturated carbocycles. The molecular formula is C20H19ClN4O2. The van der Waals surface area contributed by atoms with Crippen molar-refractivity contribution in [3.8, 4) is 11.3 Å². The van der Waals surface area contributed by atoms with Crippen LogP contribution in [0, 0.1) is 0 Å². The first kappa shape index (κ1) is 18.7. The van der Waals surface area contributed by atoms with Crippen molar-refractivity contribution in [2.24, 2.45) is 0 Å². The standard InChI is InChI=1S/C20H19ClN4O2/c1-13(19(26)22-11-14-5-3-2-4-6-14)24-20(27)17-12-23-25-18(17)15-7-9-16(21)10-8-15/h2-10,12-13H,11H2,1H3,(H,22,26)(H,23,25)(H,24,27). The number of aromatic nitrogens is 2. The average Bonchev–Trinajstić information content (AvgIpc) is 3.17. The number of H-pyrrole nitrogens is 1. The van der Waals surface area contributed by atoms with Crippen LogP contribution < -0.4 is 10.6 Å². The lowest BCUT2D eigenvalue weighted by Gasteiger charge is -2.14. The van der Waals surface area contributed by atoms with E-state index in [4.69, 9.17) is 11.6 Å². The van der Waals surface area contributed by atoms with Crippen molar-refractivity contribution in [1.29, 1.82) is 0 Å². The monoisotopic (exact) mass is 382 g/mol. The molecule has 27 heavy (non-hydrogen) atoms. The van der Waals surface area contributed by atoms with Gasteiger partial charge in [0, 0.05) is 17.1 Å². The molecule has 2 amide bonds. The molecule has 6 nitrogen and oxygen atoms in total. The summed E-state index contributed by atoms with van der Waals surface area (Å²) < 4.78 is 0. The van der Waals surface area contributed by atoms with Crippen molar-refractivity contribution in [3.05, 3.63) is 76.9 Å². The summed E-state index contributed by atoms with van der Waals surface area (Å²) in [6.45, 7) is 2.04. The van der Waals surface area contributed by atoms with Crippen LogP contribution in [0.15, 0.2) is 60.8 Å². The molecule has 0 spiro atoms. The van der Waals surface area contributed by atoms with Gasteiger partial charge in [-0.1, -0.05) is 54.1 Å². The van der Waals surface area contributed by atoms with E-state index in [1.165, 1.54) is 6.20 Å². The first-order valence-electron chi connectivity index (χ1n) is 8.46. The highest BCUT2D eigenvalue weighted by Crippen LogP contribution is 2.22. The summed E-state index contributed by atoms with van der Waals surface area (Å²) in [4.78, 5) is 24.8. The Labute approximate surface area is 161 Å². The van der Waals surface area contributed by atoms with Gasteiger partial charge >= 0.3 is 0 Å². The Morgan fingerprint density at radius 1 is 1.11 bits per heavy atom. The molecule has 138 valence electrons. The molecule has 0 aliphatic carbocycles. The number of nitrogens with zero attached hydrogens (tertiary/aromatic N) is 1. The minimum absolute atomic E-state index is 0.260. The zero-order valence-electron chi connectivity index (χ0n) is 14.7. The SMILES string of the molecule is CC(NC(=O)c1cn[nH]c1-c1ccc(Cl)cc1)C(=O)NCc1ccccc1. The minimum Gasteiger partial charge on any atom is -0.350 e. The van der Waals surface area contributed by atoms with E-state index in [0.717, 1.165) is 11.1 Å². The Morgan fingerprint density at radius 2 is 1.81 bits per heavy atom. The third-order valence-electron chi connectivity index (χ3n) is 4.07. The van der Waals surface area contributed by atoms with Gasteiger partial charge in [0.05, 0.1) is 17.5 Å². The van der Waals surface area contributed by atoms with Crippen LogP contribution in [0.5, 0.6) is 0 Å². The van der Waals surface area contributed by atoms with E-state index >= 15 is 0 Å². The molecule has 0 saturated heterocycles. The van der Waals surface area contributed by atoms with Crippen LogP contribution in [0.4, 0.5) is 0 Å². The van der Waals surface area contributed by atoms with Crippen LogP contribution in [0.25, 0.3) is 11.3 Å². The molecule has 3 rings (SSSR count). The topological polar surface area (TPSA) is 86.9 Å². The number of halogens is 1. The fraction of sp³-hybridized carbons (Fsp3) is 0.150. The molecule has 3 N–H and O–H groups in total. The van der Waals surface area contributed by atoms with Crippen LogP contribution in [-0.4, -0.2) is 28.1 Å². The van der Waals surface area contributed by atoms with Crippen molar-refractivity contribution < 1.29 is 9.59 Å². The maximum Gasteiger partial charge on any atom is 0.255 e. The molecule has 1 atom stereocenters. The van der Waals surface area contributed by atoms with E-state index < -0.39 is 6.04 Å². The fourth-order valence-electron chi connectivity index (χ4n) is 2.57. The number of rotatable bonds is 6. The van der Waals surface area contributed by atoms with Gasteiger partial charge < -0.3 is 10.6 Å². The Bertz CT molecular complexity index is 923. The number of aromatic amines is 1. The number of amides is 2. The lowest BCUT2D eigenvalue weighted by molar-refractivity contribution is -0.122. The summed E-state index contributed by atoms with van der Waals surface area (Å²) in [6.07, 6.45) is 1.44. The van der Waals surface area contributed by atoms with Gasteiger partial charge in [0.15, 0.2) is 0 Å². The largest absolute Gasteiger partial charge is 0.350 e. The number of nitrogens with one attached hydrogen (secondary N) is 3. The molecule has 1 aromatic heterocycles. The smallest absolute Gasteiger partial charge is 0.255 e. The van der Waals surface area contributed by atoms with Gasteiger partial charge in [0.1, 0.15) is 6.04 Å². The van der Waals surface area contributed by atoms with E-state index in [2.05, 4.69) is 20.8 Å². The summed E-state index contributed by atoms with van der Waals surface area (Å²) >= 11 is 5.90. The molecule has 2 aromatic carbocycles. The van der Waals surface area contributed by atoms with Crippen molar-refractivity contribution in [2.45, 2.75) is 19.5 Å². The Morgan fingerprint density at radius 3 is 2.52 bits per heavy atom. The lowest BCUT2D eigenvalue weighted by atomic mass is 10.1. The predicted molar refractivity (Wildman–Crippen MR) is 104 cm³/mol. The summed E-state index contributed by atoms with van der Waals surface area (Å²) in [6, 6.07) is 15.9. The van der Waals surface area contributed by atoms with Crippen molar-refractivity contribution in [3.63, 3.8) is 0 Å². The molecule has 0 fully saturated rings. The maximum absolute atomic E-state index is 12.6. The summed E-state index contributed by atoms with van der Waals surface area (Å²) in [5, 5.41) is 12.9. The Balaban J connectivity index is 1.62. The number of carbonyl (C=O) groups is 2. The molecule has 7 heteroatoms. The fourth-order valence-corrected chi connectivity index (χ4v) is 2.70. The van der Waals surface area contributed by atoms with Gasteiger partial charge in [-0.3, -0.25) is 14.7 Å². The molecule has 1 unspecified atom stereocenters. The second-order valence-corrected chi connectivity index (χ2v) is 6.50. The first-order valence-corrected chi connectivity index (χ1v) is 8.84. The number of hydrogen-bond acceptors (Lipinski definition) is 3. The zero-order chi connectivity index (χ0) is 19.2. The molecule has 1 heterocycles. The lowest BCUT2D eigenvalue weighted by Crippen LogP contribution is -2.44. The summed E-state index contributed by atoms with van der Waals surface area (Å²) in [7, 11) is 0. The van der Waals surface area contributed by atoms with E-state index in [1.807, 2.05) is 30.3 Å². The van der Waals surface area contributed by atoms with Gasteiger partial charge in [0.25, 0.3) is 5.91 Å². The number of hydrogen-bond donors (Lipinski definition) is 3. The van der Waals surface area contributed by atoms with Crippen LogP contribution in [0.1, 0.15) is 22.8 Å².